The Morgan fingerprint density at radius 1 is 1.17 bits per heavy atom. The summed E-state index contributed by atoms with van der Waals surface area (Å²) in [7, 11) is 1.95. The zero-order chi connectivity index (χ0) is 15.8. The van der Waals surface area contributed by atoms with E-state index in [-0.39, 0.29) is 5.91 Å². The number of ether oxygens (including phenoxy) is 1. The average Bonchev–Trinajstić information content (AvgIpc) is 3.22. The third-order valence-electron chi connectivity index (χ3n) is 4.15. The Balaban J connectivity index is 1.68. The third-order valence-corrected chi connectivity index (χ3v) is 4.15. The second kappa shape index (κ2) is 5.55. The Morgan fingerprint density at radius 3 is 2.83 bits per heavy atom. The van der Waals surface area contributed by atoms with Gasteiger partial charge in [0, 0.05) is 43.5 Å². The molecule has 0 bridgehead atoms. The molecule has 0 saturated carbocycles. The van der Waals surface area contributed by atoms with Gasteiger partial charge in [0.25, 0.3) is 5.91 Å². The summed E-state index contributed by atoms with van der Waals surface area (Å²) in [5, 5.41) is 1.01. The topological polar surface area (TPSA) is 60.5 Å². The number of hydrogen-bond donors (Lipinski definition) is 0. The number of hydrogen-bond acceptors (Lipinski definition) is 4. The lowest BCUT2D eigenvalue weighted by Crippen LogP contribution is -2.40. The average molecular weight is 311 g/mol. The SMILES string of the molecule is Cn1ccc2c(-c3ccc(C(=O)N4CCOCC4)o3)ccnc21. The molecular formula is C17H17N3O3. The lowest BCUT2D eigenvalue weighted by molar-refractivity contribution is 0.0283. The Labute approximate surface area is 133 Å². The molecule has 1 aliphatic heterocycles. The molecule has 1 amide bonds. The van der Waals surface area contributed by atoms with E-state index < -0.39 is 0 Å². The van der Waals surface area contributed by atoms with E-state index in [9.17, 15) is 4.79 Å². The summed E-state index contributed by atoms with van der Waals surface area (Å²) in [6.45, 7) is 2.36. The number of nitrogens with zero attached hydrogens (tertiary/aromatic N) is 3. The maximum absolute atomic E-state index is 12.5. The van der Waals surface area contributed by atoms with Crippen molar-refractivity contribution in [3.8, 4) is 11.3 Å². The number of amides is 1. The van der Waals surface area contributed by atoms with Crippen LogP contribution in [0.2, 0.25) is 0 Å². The highest BCUT2D eigenvalue weighted by Gasteiger charge is 2.22. The molecule has 0 radical (unpaired) electrons. The fourth-order valence-electron chi connectivity index (χ4n) is 2.90. The van der Waals surface area contributed by atoms with Crippen LogP contribution in [0.1, 0.15) is 10.6 Å². The molecule has 6 heteroatoms. The molecule has 1 saturated heterocycles. The molecule has 0 N–H and O–H groups in total. The predicted molar refractivity (Wildman–Crippen MR) is 85.1 cm³/mol. The number of morpholine rings is 1. The minimum atomic E-state index is -0.0853. The number of furan rings is 1. The molecule has 6 nitrogen and oxygen atoms in total. The summed E-state index contributed by atoms with van der Waals surface area (Å²) in [5.74, 6) is 0.959. The molecule has 23 heavy (non-hydrogen) atoms. The van der Waals surface area contributed by atoms with E-state index in [1.54, 1.807) is 17.2 Å². The first-order valence-electron chi connectivity index (χ1n) is 7.61. The molecule has 1 fully saturated rings. The number of aryl methyl sites for hydroxylation is 1. The van der Waals surface area contributed by atoms with E-state index in [2.05, 4.69) is 4.98 Å². The highest BCUT2D eigenvalue weighted by Crippen LogP contribution is 2.29. The van der Waals surface area contributed by atoms with Crippen molar-refractivity contribution in [2.45, 2.75) is 0 Å². The molecule has 4 rings (SSSR count). The normalized spacial score (nSPS) is 15.3. The Hall–Kier alpha value is -2.60. The number of aromatic nitrogens is 2. The van der Waals surface area contributed by atoms with Crippen LogP contribution in [0.4, 0.5) is 0 Å². The first-order chi connectivity index (χ1) is 11.2. The van der Waals surface area contributed by atoms with Crippen LogP contribution in [0.5, 0.6) is 0 Å². The quantitative estimate of drug-likeness (QED) is 0.728. The summed E-state index contributed by atoms with van der Waals surface area (Å²) >= 11 is 0. The Kier molecular flexibility index (Phi) is 3.38. The van der Waals surface area contributed by atoms with Gasteiger partial charge in [-0.1, -0.05) is 0 Å². The first-order valence-corrected chi connectivity index (χ1v) is 7.61. The summed E-state index contributed by atoms with van der Waals surface area (Å²) < 4.78 is 13.1. The van der Waals surface area contributed by atoms with Gasteiger partial charge in [0.15, 0.2) is 5.76 Å². The van der Waals surface area contributed by atoms with Crippen LogP contribution >= 0.6 is 0 Å². The van der Waals surface area contributed by atoms with Crippen molar-refractivity contribution < 1.29 is 13.9 Å². The van der Waals surface area contributed by atoms with Crippen LogP contribution in [-0.2, 0) is 11.8 Å². The first kappa shape index (κ1) is 14.0. The standard InChI is InChI=1S/C17H17N3O3/c1-19-7-5-13-12(4-6-18-16(13)19)14-2-3-15(23-14)17(21)20-8-10-22-11-9-20/h2-7H,8-11H2,1H3. The van der Waals surface area contributed by atoms with E-state index in [1.807, 2.05) is 36.0 Å². The molecule has 1 aliphatic rings. The highest BCUT2D eigenvalue weighted by atomic mass is 16.5. The van der Waals surface area contributed by atoms with Crippen molar-refractivity contribution >= 4 is 16.9 Å². The van der Waals surface area contributed by atoms with Crippen LogP contribution in [0.3, 0.4) is 0 Å². The van der Waals surface area contributed by atoms with Gasteiger partial charge in [-0.2, -0.15) is 0 Å². The maximum Gasteiger partial charge on any atom is 0.289 e. The molecule has 0 aliphatic carbocycles. The van der Waals surface area contributed by atoms with Crippen molar-refractivity contribution in [1.29, 1.82) is 0 Å². The molecule has 0 atom stereocenters. The van der Waals surface area contributed by atoms with E-state index >= 15 is 0 Å². The summed E-state index contributed by atoms with van der Waals surface area (Å²) in [6.07, 6.45) is 3.72. The van der Waals surface area contributed by atoms with Gasteiger partial charge in [-0.15, -0.1) is 0 Å². The van der Waals surface area contributed by atoms with Crippen molar-refractivity contribution in [2.24, 2.45) is 7.05 Å². The zero-order valence-electron chi connectivity index (χ0n) is 12.9. The number of carbonyl (C=O) groups excluding carboxylic acids is 1. The number of rotatable bonds is 2. The molecule has 3 aromatic heterocycles. The fourth-order valence-corrected chi connectivity index (χ4v) is 2.90. The van der Waals surface area contributed by atoms with Crippen molar-refractivity contribution in [3.05, 3.63) is 42.4 Å². The van der Waals surface area contributed by atoms with E-state index in [1.165, 1.54) is 0 Å². The Bertz CT molecular complexity index is 859. The minimum absolute atomic E-state index is 0.0853. The van der Waals surface area contributed by atoms with E-state index in [4.69, 9.17) is 9.15 Å². The predicted octanol–water partition coefficient (Wildman–Crippen LogP) is 2.31. The van der Waals surface area contributed by atoms with Gasteiger partial charge < -0.3 is 18.6 Å². The molecule has 0 spiro atoms. The fraction of sp³-hybridized carbons (Fsp3) is 0.294. The third kappa shape index (κ3) is 2.41. The molecule has 0 aromatic carbocycles. The van der Waals surface area contributed by atoms with Crippen LogP contribution < -0.4 is 0 Å². The summed E-state index contributed by atoms with van der Waals surface area (Å²) in [4.78, 5) is 18.6. The maximum atomic E-state index is 12.5. The van der Waals surface area contributed by atoms with Crippen LogP contribution in [0.25, 0.3) is 22.4 Å². The summed E-state index contributed by atoms with van der Waals surface area (Å²) in [6, 6.07) is 7.49. The summed E-state index contributed by atoms with van der Waals surface area (Å²) in [5.41, 5.74) is 1.83. The molecule has 3 aromatic rings. The van der Waals surface area contributed by atoms with Gasteiger partial charge in [0.1, 0.15) is 11.4 Å². The van der Waals surface area contributed by atoms with Gasteiger partial charge in [0.2, 0.25) is 0 Å². The monoisotopic (exact) mass is 311 g/mol. The zero-order valence-corrected chi connectivity index (χ0v) is 12.9. The second-order valence-electron chi connectivity index (χ2n) is 5.59. The molecular weight excluding hydrogens is 294 g/mol. The smallest absolute Gasteiger partial charge is 0.289 e. The van der Waals surface area contributed by atoms with Crippen LogP contribution in [0.15, 0.2) is 41.1 Å². The Morgan fingerprint density at radius 2 is 2.00 bits per heavy atom. The minimum Gasteiger partial charge on any atom is -0.451 e. The van der Waals surface area contributed by atoms with Gasteiger partial charge in [0.05, 0.1) is 13.2 Å². The van der Waals surface area contributed by atoms with Gasteiger partial charge in [-0.3, -0.25) is 4.79 Å². The van der Waals surface area contributed by atoms with Gasteiger partial charge in [-0.25, -0.2) is 4.98 Å². The number of fused-ring (bicyclic) bond motifs is 1. The van der Waals surface area contributed by atoms with Crippen molar-refractivity contribution in [1.82, 2.24) is 14.5 Å². The lowest BCUT2D eigenvalue weighted by Gasteiger charge is -2.25. The van der Waals surface area contributed by atoms with Crippen molar-refractivity contribution in [3.63, 3.8) is 0 Å². The number of pyridine rings is 1. The van der Waals surface area contributed by atoms with E-state index in [0.717, 1.165) is 16.6 Å². The lowest BCUT2D eigenvalue weighted by atomic mass is 10.1. The van der Waals surface area contributed by atoms with Crippen molar-refractivity contribution in [2.75, 3.05) is 26.3 Å². The van der Waals surface area contributed by atoms with Gasteiger partial charge >= 0.3 is 0 Å². The van der Waals surface area contributed by atoms with Crippen LogP contribution in [-0.4, -0.2) is 46.7 Å². The highest BCUT2D eigenvalue weighted by molar-refractivity contribution is 5.95. The van der Waals surface area contributed by atoms with E-state index in [0.29, 0.717) is 37.8 Å². The molecule has 118 valence electrons. The molecule has 4 heterocycles. The van der Waals surface area contributed by atoms with Crippen LogP contribution in [0, 0.1) is 0 Å². The largest absolute Gasteiger partial charge is 0.451 e. The number of carbonyl (C=O) groups is 1. The second-order valence-corrected chi connectivity index (χ2v) is 5.59. The molecule has 0 unspecified atom stereocenters. The van der Waals surface area contributed by atoms with Gasteiger partial charge in [-0.05, 0) is 24.3 Å².